The predicted molar refractivity (Wildman–Crippen MR) is 91.0 cm³/mol. The number of carbonyl (C=O) groups excluding carboxylic acids is 1. The Labute approximate surface area is 138 Å². The zero-order chi connectivity index (χ0) is 17.4. The first-order chi connectivity index (χ1) is 11.7. The van der Waals surface area contributed by atoms with E-state index in [9.17, 15) is 4.79 Å². The third-order valence-corrected chi connectivity index (χ3v) is 3.36. The maximum atomic E-state index is 11.1. The molecule has 0 aliphatic heterocycles. The van der Waals surface area contributed by atoms with E-state index >= 15 is 0 Å². The fraction of sp³-hybridized carbons (Fsp3) is 0.188. The van der Waals surface area contributed by atoms with Crippen molar-refractivity contribution in [3.8, 4) is 0 Å². The van der Waals surface area contributed by atoms with Crippen molar-refractivity contribution < 1.29 is 4.79 Å². The number of amides is 1. The smallest absolute Gasteiger partial charge is 0.221 e. The molecule has 0 saturated heterocycles. The molecule has 0 bridgehead atoms. The highest BCUT2D eigenvalue weighted by Crippen LogP contribution is 2.36. The lowest BCUT2D eigenvalue weighted by Gasteiger charge is -2.20. The van der Waals surface area contributed by atoms with E-state index in [2.05, 4.69) is 25.4 Å². The Morgan fingerprint density at radius 2 is 1.42 bits per heavy atom. The second-order valence-corrected chi connectivity index (χ2v) is 5.01. The summed E-state index contributed by atoms with van der Waals surface area (Å²) in [6, 6.07) is 14.6. The summed E-state index contributed by atoms with van der Waals surface area (Å²) < 4.78 is 0. The molecular weight excluding hydrogens is 306 g/mol. The first-order valence-corrected chi connectivity index (χ1v) is 7.16. The minimum absolute atomic E-state index is 0.175. The summed E-state index contributed by atoms with van der Waals surface area (Å²) in [7, 11) is 0. The molecule has 0 heterocycles. The molecule has 2 aromatic carbocycles. The summed E-state index contributed by atoms with van der Waals surface area (Å²) in [4.78, 5) is 16.8. The van der Waals surface area contributed by atoms with Crippen LogP contribution in [0.25, 0.3) is 20.9 Å². The van der Waals surface area contributed by atoms with Gasteiger partial charge in [-0.1, -0.05) is 52.7 Å². The number of carbonyl (C=O) groups is 1. The number of nitrogens with one attached hydrogen (secondary N) is 1. The largest absolute Gasteiger partial charge is 0.326 e. The first-order valence-electron chi connectivity index (χ1n) is 7.16. The summed E-state index contributed by atoms with van der Waals surface area (Å²) in [5.41, 5.74) is 19.8. The van der Waals surface area contributed by atoms with E-state index in [-0.39, 0.29) is 5.91 Å². The summed E-state index contributed by atoms with van der Waals surface area (Å²) >= 11 is 0. The second-order valence-electron chi connectivity index (χ2n) is 5.01. The quantitative estimate of drug-likeness (QED) is 0.446. The molecule has 8 heteroatoms. The summed E-state index contributed by atoms with van der Waals surface area (Å²) in [6.45, 7) is 1.42. The predicted octanol–water partition coefficient (Wildman–Crippen LogP) is 5.05. The lowest BCUT2D eigenvalue weighted by Crippen LogP contribution is -2.08. The zero-order valence-corrected chi connectivity index (χ0v) is 12.9. The number of hydrogen-bond acceptors (Lipinski definition) is 3. The summed E-state index contributed by atoms with van der Waals surface area (Å²) in [5, 5.41) is 10.3. The highest BCUT2D eigenvalue weighted by Gasteiger charge is 2.23. The van der Waals surface area contributed by atoms with Crippen LogP contribution in [0.5, 0.6) is 0 Å². The zero-order valence-electron chi connectivity index (χ0n) is 12.9. The van der Waals surface area contributed by atoms with Gasteiger partial charge in [0.15, 0.2) is 0 Å². The van der Waals surface area contributed by atoms with Gasteiger partial charge in [0.2, 0.25) is 5.91 Å². The number of nitrogens with zero attached hydrogens (tertiary/aromatic N) is 6. The van der Waals surface area contributed by atoms with Crippen LogP contribution in [-0.2, 0) is 4.79 Å². The molecule has 1 N–H and O–H groups in total. The van der Waals surface area contributed by atoms with Crippen LogP contribution >= 0.6 is 0 Å². The van der Waals surface area contributed by atoms with Crippen LogP contribution in [0.4, 0.5) is 5.69 Å². The summed E-state index contributed by atoms with van der Waals surface area (Å²) in [6.07, 6.45) is 0. The molecular formula is C16H15N7O. The van der Waals surface area contributed by atoms with E-state index in [0.717, 1.165) is 5.56 Å². The van der Waals surface area contributed by atoms with Crippen molar-refractivity contribution in [1.82, 2.24) is 0 Å². The standard InChI is InChI=1S/C16H15N7O/c1-11(24)19-14-9-7-13(8-10-14)16(21-23-18)15(20-22-17)12-5-3-2-4-6-12/h2-10,15-16H,1H3,(H,19,24). The molecule has 2 rings (SSSR count). The van der Waals surface area contributed by atoms with Gasteiger partial charge in [-0.25, -0.2) is 0 Å². The van der Waals surface area contributed by atoms with Gasteiger partial charge in [-0.05, 0) is 34.3 Å². The van der Waals surface area contributed by atoms with E-state index in [4.69, 9.17) is 11.1 Å². The Balaban J connectivity index is 2.41. The molecule has 120 valence electrons. The van der Waals surface area contributed by atoms with Gasteiger partial charge in [0.05, 0.1) is 12.1 Å². The van der Waals surface area contributed by atoms with Gasteiger partial charge in [-0.15, -0.1) is 0 Å². The van der Waals surface area contributed by atoms with Crippen LogP contribution in [-0.4, -0.2) is 5.91 Å². The monoisotopic (exact) mass is 321 g/mol. The van der Waals surface area contributed by atoms with Crippen LogP contribution in [0.2, 0.25) is 0 Å². The molecule has 0 aromatic heterocycles. The van der Waals surface area contributed by atoms with Gasteiger partial charge in [0, 0.05) is 22.4 Å². The Morgan fingerprint density at radius 3 is 1.88 bits per heavy atom. The molecule has 8 nitrogen and oxygen atoms in total. The SMILES string of the molecule is CC(=O)Nc1ccc(C(N=[N+]=[N-])C(N=[N+]=[N-])c2ccccc2)cc1. The molecule has 2 aromatic rings. The summed E-state index contributed by atoms with van der Waals surface area (Å²) in [5.74, 6) is -0.175. The van der Waals surface area contributed by atoms with Crippen molar-refractivity contribution in [3.63, 3.8) is 0 Å². The average molecular weight is 321 g/mol. The molecule has 0 fully saturated rings. The average Bonchev–Trinajstić information content (AvgIpc) is 2.59. The van der Waals surface area contributed by atoms with Crippen molar-refractivity contribution in [3.05, 3.63) is 86.6 Å². The van der Waals surface area contributed by atoms with Gasteiger partial charge >= 0.3 is 0 Å². The van der Waals surface area contributed by atoms with E-state index in [0.29, 0.717) is 11.3 Å². The fourth-order valence-electron chi connectivity index (χ4n) is 2.35. The van der Waals surface area contributed by atoms with Crippen molar-refractivity contribution in [2.45, 2.75) is 19.0 Å². The third-order valence-electron chi connectivity index (χ3n) is 3.36. The number of rotatable bonds is 6. The van der Waals surface area contributed by atoms with Gasteiger partial charge in [0.1, 0.15) is 0 Å². The number of hydrogen-bond donors (Lipinski definition) is 1. The van der Waals surface area contributed by atoms with Gasteiger partial charge in [0.25, 0.3) is 0 Å². The highest BCUT2D eigenvalue weighted by molar-refractivity contribution is 5.88. The Kier molecular flexibility index (Phi) is 5.80. The molecule has 0 aliphatic carbocycles. The van der Waals surface area contributed by atoms with E-state index in [1.165, 1.54) is 6.92 Å². The van der Waals surface area contributed by atoms with E-state index in [1.807, 2.05) is 30.3 Å². The van der Waals surface area contributed by atoms with Crippen molar-refractivity contribution in [1.29, 1.82) is 0 Å². The van der Waals surface area contributed by atoms with Crippen molar-refractivity contribution in [2.24, 2.45) is 10.2 Å². The molecule has 1 amide bonds. The third kappa shape index (κ3) is 4.27. The number of benzene rings is 2. The highest BCUT2D eigenvalue weighted by atomic mass is 16.1. The first kappa shape index (κ1) is 16.9. The van der Waals surface area contributed by atoms with Crippen molar-refractivity contribution in [2.75, 3.05) is 5.32 Å². The molecule has 2 unspecified atom stereocenters. The molecule has 0 radical (unpaired) electrons. The second kappa shape index (κ2) is 8.24. The number of azide groups is 2. The van der Waals surface area contributed by atoms with Crippen LogP contribution < -0.4 is 5.32 Å². The van der Waals surface area contributed by atoms with Crippen LogP contribution in [0.15, 0.2) is 64.8 Å². The van der Waals surface area contributed by atoms with Gasteiger partial charge < -0.3 is 5.32 Å². The van der Waals surface area contributed by atoms with E-state index < -0.39 is 12.1 Å². The molecule has 2 atom stereocenters. The minimum atomic E-state index is -0.695. The molecule has 0 aliphatic rings. The Bertz CT molecular complexity index is 791. The lowest BCUT2D eigenvalue weighted by molar-refractivity contribution is -0.114. The molecule has 0 spiro atoms. The molecule has 24 heavy (non-hydrogen) atoms. The topological polar surface area (TPSA) is 127 Å². The van der Waals surface area contributed by atoms with Crippen LogP contribution in [0.1, 0.15) is 30.1 Å². The Morgan fingerprint density at radius 1 is 0.917 bits per heavy atom. The Hall–Kier alpha value is -3.47. The van der Waals surface area contributed by atoms with Crippen LogP contribution in [0, 0.1) is 0 Å². The fourth-order valence-corrected chi connectivity index (χ4v) is 2.35. The normalized spacial score (nSPS) is 12.2. The van der Waals surface area contributed by atoms with Crippen LogP contribution in [0.3, 0.4) is 0 Å². The molecule has 0 saturated carbocycles. The lowest BCUT2D eigenvalue weighted by atomic mass is 9.94. The maximum Gasteiger partial charge on any atom is 0.221 e. The van der Waals surface area contributed by atoms with Crippen molar-refractivity contribution >= 4 is 11.6 Å². The van der Waals surface area contributed by atoms with Gasteiger partial charge in [-0.3, -0.25) is 4.79 Å². The minimum Gasteiger partial charge on any atom is -0.326 e. The van der Waals surface area contributed by atoms with E-state index in [1.54, 1.807) is 24.3 Å². The number of anilines is 1. The van der Waals surface area contributed by atoms with Gasteiger partial charge in [-0.2, -0.15) is 0 Å². The maximum absolute atomic E-state index is 11.1.